The average molecular weight is 328 g/mol. The summed E-state index contributed by atoms with van der Waals surface area (Å²) in [6.45, 7) is 4.46. The summed E-state index contributed by atoms with van der Waals surface area (Å²) in [5.41, 5.74) is 2.56. The lowest BCUT2D eigenvalue weighted by atomic mass is 9.85. The van der Waals surface area contributed by atoms with Gasteiger partial charge in [0.25, 0.3) is 0 Å². The van der Waals surface area contributed by atoms with Crippen molar-refractivity contribution in [2.75, 3.05) is 11.9 Å². The fraction of sp³-hybridized carbons (Fsp3) is 0.333. The van der Waals surface area contributed by atoms with Crippen LogP contribution in [0.5, 0.6) is 0 Å². The molecule has 3 rings (SSSR count). The van der Waals surface area contributed by atoms with Crippen molar-refractivity contribution in [1.82, 2.24) is 5.32 Å². The highest BCUT2D eigenvalue weighted by Crippen LogP contribution is 2.37. The van der Waals surface area contributed by atoms with E-state index in [0.29, 0.717) is 13.0 Å². The third kappa shape index (κ3) is 3.29. The number of anilines is 1. The highest BCUT2D eigenvalue weighted by atomic mass is 32.1. The molecular weight excluding hydrogens is 308 g/mol. The van der Waals surface area contributed by atoms with Crippen LogP contribution in [-0.2, 0) is 27.8 Å². The fourth-order valence-corrected chi connectivity index (χ4v) is 3.46. The highest BCUT2D eigenvalue weighted by Gasteiger charge is 2.38. The third-order valence-electron chi connectivity index (χ3n) is 4.22. The van der Waals surface area contributed by atoms with Crippen molar-refractivity contribution in [3.63, 3.8) is 0 Å². The zero-order valence-corrected chi connectivity index (χ0v) is 14.1. The summed E-state index contributed by atoms with van der Waals surface area (Å²) in [6, 6.07) is 9.95. The Balaban J connectivity index is 1.57. The van der Waals surface area contributed by atoms with E-state index in [1.54, 1.807) is 11.3 Å². The first-order valence-electron chi connectivity index (χ1n) is 7.71. The minimum Gasteiger partial charge on any atom is -0.355 e. The van der Waals surface area contributed by atoms with Gasteiger partial charge in [-0.05, 0) is 48.9 Å². The zero-order chi connectivity index (χ0) is 16.4. The minimum atomic E-state index is -0.492. The van der Waals surface area contributed by atoms with Crippen molar-refractivity contribution in [3.8, 4) is 0 Å². The minimum absolute atomic E-state index is 0.0360. The van der Waals surface area contributed by atoms with Crippen LogP contribution in [0.4, 0.5) is 5.69 Å². The van der Waals surface area contributed by atoms with Crippen LogP contribution in [-0.4, -0.2) is 18.4 Å². The summed E-state index contributed by atoms with van der Waals surface area (Å²) in [6.07, 6.45) is 1.20. The number of carbonyl (C=O) groups excluding carboxylic acids is 2. The van der Waals surface area contributed by atoms with Gasteiger partial charge in [0, 0.05) is 17.1 Å². The summed E-state index contributed by atoms with van der Waals surface area (Å²) in [5.74, 6) is 0.0830. The van der Waals surface area contributed by atoms with E-state index in [4.69, 9.17) is 0 Å². The molecule has 0 fully saturated rings. The standard InChI is InChI=1S/C18H20N2O2S/c1-18(2)14-10-12(5-6-15(14)20-17(18)22)7-8-19-16(21)11-13-4-3-9-23-13/h3-6,9-10H,7-8,11H2,1-2H3,(H,19,21)(H,20,22). The summed E-state index contributed by atoms with van der Waals surface area (Å²) in [5, 5.41) is 7.83. The van der Waals surface area contributed by atoms with Gasteiger partial charge in [0.1, 0.15) is 0 Å². The number of benzene rings is 1. The van der Waals surface area contributed by atoms with Crippen LogP contribution in [0.25, 0.3) is 0 Å². The lowest BCUT2D eigenvalue weighted by molar-refractivity contribution is -0.120. The van der Waals surface area contributed by atoms with Gasteiger partial charge in [0.2, 0.25) is 11.8 Å². The first kappa shape index (κ1) is 15.7. The number of fused-ring (bicyclic) bond motifs is 1. The van der Waals surface area contributed by atoms with E-state index >= 15 is 0 Å². The summed E-state index contributed by atoms with van der Waals surface area (Å²) >= 11 is 1.59. The number of rotatable bonds is 5. The van der Waals surface area contributed by atoms with Crippen LogP contribution in [0.3, 0.4) is 0 Å². The maximum absolute atomic E-state index is 12.0. The quantitative estimate of drug-likeness (QED) is 0.887. The average Bonchev–Trinajstić information content (AvgIpc) is 3.08. The molecule has 0 spiro atoms. The van der Waals surface area contributed by atoms with E-state index in [2.05, 4.69) is 16.7 Å². The Bertz CT molecular complexity index is 735. The second-order valence-corrected chi connectivity index (χ2v) is 7.35. The molecule has 1 aliphatic rings. The molecule has 0 aliphatic carbocycles. The Hall–Kier alpha value is -2.14. The second-order valence-electron chi connectivity index (χ2n) is 6.32. The van der Waals surface area contributed by atoms with E-state index in [1.165, 1.54) is 0 Å². The Kier molecular flexibility index (Phi) is 4.22. The van der Waals surface area contributed by atoms with Crippen LogP contribution >= 0.6 is 11.3 Å². The van der Waals surface area contributed by atoms with E-state index in [9.17, 15) is 9.59 Å². The van der Waals surface area contributed by atoms with Gasteiger partial charge in [-0.2, -0.15) is 0 Å². The van der Waals surface area contributed by atoms with Gasteiger partial charge < -0.3 is 10.6 Å². The number of carbonyl (C=O) groups is 2. The molecule has 120 valence electrons. The van der Waals surface area contributed by atoms with Crippen molar-refractivity contribution in [1.29, 1.82) is 0 Å². The predicted molar refractivity (Wildman–Crippen MR) is 92.8 cm³/mol. The molecule has 1 aromatic heterocycles. The van der Waals surface area contributed by atoms with Gasteiger partial charge in [-0.3, -0.25) is 9.59 Å². The molecular formula is C18H20N2O2S. The molecule has 5 heteroatoms. The van der Waals surface area contributed by atoms with Crippen molar-refractivity contribution in [2.45, 2.75) is 32.1 Å². The Labute approximate surface area is 139 Å². The first-order valence-corrected chi connectivity index (χ1v) is 8.59. The molecule has 1 aliphatic heterocycles. The van der Waals surface area contributed by atoms with Gasteiger partial charge in [0.15, 0.2) is 0 Å². The Morgan fingerprint density at radius 3 is 2.87 bits per heavy atom. The fourth-order valence-electron chi connectivity index (χ4n) is 2.75. The third-order valence-corrected chi connectivity index (χ3v) is 5.10. The number of thiophene rings is 1. The van der Waals surface area contributed by atoms with Gasteiger partial charge >= 0.3 is 0 Å². The predicted octanol–water partition coefficient (Wildman–Crippen LogP) is 2.88. The lowest BCUT2D eigenvalue weighted by Gasteiger charge is -2.16. The van der Waals surface area contributed by atoms with Gasteiger partial charge in [-0.15, -0.1) is 11.3 Å². The SMILES string of the molecule is CC1(C)C(=O)Nc2ccc(CCNC(=O)Cc3cccs3)cc21. The summed E-state index contributed by atoms with van der Waals surface area (Å²) < 4.78 is 0. The van der Waals surface area contributed by atoms with E-state index < -0.39 is 5.41 Å². The van der Waals surface area contributed by atoms with E-state index in [1.807, 2.05) is 43.5 Å². The molecule has 4 nitrogen and oxygen atoms in total. The second kappa shape index (κ2) is 6.16. The van der Waals surface area contributed by atoms with Crippen LogP contribution in [0, 0.1) is 0 Å². The van der Waals surface area contributed by atoms with Crippen molar-refractivity contribution in [2.24, 2.45) is 0 Å². The smallest absolute Gasteiger partial charge is 0.234 e. The molecule has 0 unspecified atom stereocenters. The summed E-state index contributed by atoms with van der Waals surface area (Å²) in [4.78, 5) is 24.9. The van der Waals surface area contributed by atoms with Crippen LogP contribution in [0.1, 0.15) is 29.9 Å². The Morgan fingerprint density at radius 2 is 2.13 bits per heavy atom. The molecule has 2 N–H and O–H groups in total. The number of nitrogens with one attached hydrogen (secondary N) is 2. The number of hydrogen-bond donors (Lipinski definition) is 2. The van der Waals surface area contributed by atoms with Gasteiger partial charge in [-0.25, -0.2) is 0 Å². The Morgan fingerprint density at radius 1 is 1.30 bits per heavy atom. The van der Waals surface area contributed by atoms with Gasteiger partial charge in [-0.1, -0.05) is 18.2 Å². The topological polar surface area (TPSA) is 58.2 Å². The number of amides is 2. The van der Waals surface area contributed by atoms with Gasteiger partial charge in [0.05, 0.1) is 11.8 Å². The monoisotopic (exact) mass is 328 g/mol. The van der Waals surface area contributed by atoms with Crippen molar-refractivity contribution in [3.05, 3.63) is 51.7 Å². The molecule has 2 aromatic rings. The van der Waals surface area contributed by atoms with Crippen LogP contribution in [0.15, 0.2) is 35.7 Å². The molecule has 0 bridgehead atoms. The molecule has 1 aromatic carbocycles. The van der Waals surface area contributed by atoms with Crippen LogP contribution in [0.2, 0.25) is 0 Å². The molecule has 23 heavy (non-hydrogen) atoms. The molecule has 0 saturated heterocycles. The maximum atomic E-state index is 12.0. The summed E-state index contributed by atoms with van der Waals surface area (Å²) in [7, 11) is 0. The normalized spacial score (nSPS) is 15.1. The number of hydrogen-bond acceptors (Lipinski definition) is 3. The van der Waals surface area contributed by atoms with E-state index in [0.717, 1.165) is 28.1 Å². The van der Waals surface area contributed by atoms with E-state index in [-0.39, 0.29) is 11.8 Å². The molecule has 2 heterocycles. The molecule has 0 atom stereocenters. The zero-order valence-electron chi connectivity index (χ0n) is 13.3. The lowest BCUT2D eigenvalue weighted by Crippen LogP contribution is -2.27. The molecule has 2 amide bonds. The highest BCUT2D eigenvalue weighted by molar-refractivity contribution is 7.10. The maximum Gasteiger partial charge on any atom is 0.234 e. The molecule has 0 saturated carbocycles. The first-order chi connectivity index (χ1) is 11.0. The molecule has 0 radical (unpaired) electrons. The van der Waals surface area contributed by atoms with Crippen molar-refractivity contribution >= 4 is 28.8 Å². The van der Waals surface area contributed by atoms with Crippen molar-refractivity contribution < 1.29 is 9.59 Å². The largest absolute Gasteiger partial charge is 0.355 e. The van der Waals surface area contributed by atoms with Crippen LogP contribution < -0.4 is 10.6 Å².